The van der Waals surface area contributed by atoms with Gasteiger partial charge in [-0.3, -0.25) is 14.5 Å². The van der Waals surface area contributed by atoms with Crippen molar-refractivity contribution >= 4 is 41.6 Å². The lowest BCUT2D eigenvalue weighted by atomic mass is 10.0. The van der Waals surface area contributed by atoms with Crippen LogP contribution in [0.25, 0.3) is 11.6 Å². The summed E-state index contributed by atoms with van der Waals surface area (Å²) in [6.07, 6.45) is 1.05. The second kappa shape index (κ2) is 8.80. The number of ether oxygens (including phenoxy) is 3. The zero-order valence-electron chi connectivity index (χ0n) is 16.1. The predicted molar refractivity (Wildman–Crippen MR) is 110 cm³/mol. The molecule has 0 fully saturated rings. The average molecular weight is 404 g/mol. The number of esters is 1. The molecule has 148 valence electrons. The molecule has 6 nitrogen and oxygen atoms in total. The lowest BCUT2D eigenvalue weighted by molar-refractivity contribution is -0.145. The number of hydrogen-bond acceptors (Lipinski definition) is 5. The SMILES string of the molecule is COc1ccc(OC)c(/C=C2\C(=O)N(C(C)OC(C)=O)c3ccccc32)c1.Cl. The fourth-order valence-electron chi connectivity index (χ4n) is 3.17. The van der Waals surface area contributed by atoms with Crippen molar-refractivity contribution in [2.45, 2.75) is 20.1 Å². The van der Waals surface area contributed by atoms with Gasteiger partial charge in [0.2, 0.25) is 0 Å². The maximum Gasteiger partial charge on any atom is 0.304 e. The van der Waals surface area contributed by atoms with E-state index in [0.717, 1.165) is 11.1 Å². The summed E-state index contributed by atoms with van der Waals surface area (Å²) in [5.74, 6) is 0.598. The molecular formula is C21H22ClNO5. The van der Waals surface area contributed by atoms with Gasteiger partial charge in [-0.1, -0.05) is 18.2 Å². The normalized spacial score (nSPS) is 14.9. The van der Waals surface area contributed by atoms with Crippen LogP contribution in [-0.2, 0) is 14.3 Å². The minimum Gasteiger partial charge on any atom is -0.497 e. The van der Waals surface area contributed by atoms with E-state index in [4.69, 9.17) is 14.2 Å². The van der Waals surface area contributed by atoms with Crippen LogP contribution in [0.3, 0.4) is 0 Å². The van der Waals surface area contributed by atoms with E-state index in [1.54, 1.807) is 45.4 Å². The molecule has 2 aromatic rings. The first-order valence-corrected chi connectivity index (χ1v) is 8.50. The van der Waals surface area contributed by atoms with Crippen LogP contribution >= 0.6 is 12.4 Å². The van der Waals surface area contributed by atoms with Crippen LogP contribution in [0.15, 0.2) is 42.5 Å². The Hall–Kier alpha value is -2.99. The van der Waals surface area contributed by atoms with Gasteiger partial charge in [-0.05, 0) is 37.3 Å². The number of amides is 1. The summed E-state index contributed by atoms with van der Waals surface area (Å²) in [6, 6.07) is 12.8. The van der Waals surface area contributed by atoms with Crippen molar-refractivity contribution in [1.29, 1.82) is 0 Å². The fraction of sp³-hybridized carbons (Fsp3) is 0.238. The van der Waals surface area contributed by atoms with Gasteiger partial charge in [0.15, 0.2) is 6.23 Å². The van der Waals surface area contributed by atoms with E-state index < -0.39 is 12.2 Å². The number of fused-ring (bicyclic) bond motifs is 1. The molecule has 1 heterocycles. The van der Waals surface area contributed by atoms with E-state index in [1.807, 2.05) is 24.3 Å². The highest BCUT2D eigenvalue weighted by Crippen LogP contribution is 2.40. The number of carbonyl (C=O) groups is 2. The van der Waals surface area contributed by atoms with Gasteiger partial charge >= 0.3 is 5.97 Å². The van der Waals surface area contributed by atoms with Crippen molar-refractivity contribution in [2.75, 3.05) is 19.1 Å². The Labute approximate surface area is 170 Å². The highest BCUT2D eigenvalue weighted by molar-refractivity contribution is 6.36. The zero-order valence-corrected chi connectivity index (χ0v) is 16.9. The van der Waals surface area contributed by atoms with E-state index in [1.165, 1.54) is 11.8 Å². The van der Waals surface area contributed by atoms with Gasteiger partial charge in [-0.25, -0.2) is 0 Å². The second-order valence-corrected chi connectivity index (χ2v) is 6.07. The minimum absolute atomic E-state index is 0. The molecule has 2 aromatic carbocycles. The molecule has 0 spiro atoms. The molecule has 28 heavy (non-hydrogen) atoms. The Balaban J connectivity index is 0.00000280. The molecule has 0 bridgehead atoms. The number of anilines is 1. The van der Waals surface area contributed by atoms with Crippen LogP contribution in [0.4, 0.5) is 5.69 Å². The maximum absolute atomic E-state index is 13.1. The number of benzene rings is 2. The molecule has 0 aromatic heterocycles. The molecular weight excluding hydrogens is 382 g/mol. The molecule has 3 rings (SSSR count). The van der Waals surface area contributed by atoms with Gasteiger partial charge in [0.05, 0.1) is 25.5 Å². The van der Waals surface area contributed by atoms with Crippen LogP contribution in [-0.4, -0.2) is 32.3 Å². The Bertz CT molecular complexity index is 925. The Morgan fingerprint density at radius 1 is 1.11 bits per heavy atom. The molecule has 0 radical (unpaired) electrons. The molecule has 0 saturated heterocycles. The van der Waals surface area contributed by atoms with Gasteiger partial charge in [-0.2, -0.15) is 0 Å². The molecule has 1 amide bonds. The molecule has 1 atom stereocenters. The Morgan fingerprint density at radius 3 is 2.46 bits per heavy atom. The highest BCUT2D eigenvalue weighted by Gasteiger charge is 2.36. The standard InChI is InChI=1S/C21H21NO5.ClH/c1-13(27-14(2)23)22-19-8-6-5-7-17(19)18(21(22)24)12-15-11-16(25-3)9-10-20(15)26-4;/h5-13H,1-4H3;1H/b18-12-;. The van der Waals surface area contributed by atoms with Gasteiger partial charge < -0.3 is 14.2 Å². The molecule has 1 aliphatic rings. The number of methoxy groups -OCH3 is 2. The topological polar surface area (TPSA) is 65.1 Å². The molecule has 1 unspecified atom stereocenters. The molecule has 0 saturated carbocycles. The summed E-state index contributed by atoms with van der Waals surface area (Å²) < 4.78 is 15.9. The van der Waals surface area contributed by atoms with Crippen molar-refractivity contribution in [3.63, 3.8) is 0 Å². The Kier molecular flexibility index (Phi) is 6.70. The van der Waals surface area contributed by atoms with E-state index >= 15 is 0 Å². The number of nitrogens with zero attached hydrogens (tertiary/aromatic N) is 1. The van der Waals surface area contributed by atoms with Crippen LogP contribution in [0, 0.1) is 0 Å². The van der Waals surface area contributed by atoms with E-state index in [9.17, 15) is 9.59 Å². The number of rotatable bonds is 5. The van der Waals surface area contributed by atoms with E-state index in [-0.39, 0.29) is 18.3 Å². The average Bonchev–Trinajstić information content (AvgIpc) is 2.93. The van der Waals surface area contributed by atoms with Crippen molar-refractivity contribution in [1.82, 2.24) is 0 Å². The lowest BCUT2D eigenvalue weighted by Gasteiger charge is -2.24. The lowest BCUT2D eigenvalue weighted by Crippen LogP contribution is -2.38. The summed E-state index contributed by atoms with van der Waals surface area (Å²) in [4.78, 5) is 26.0. The fourth-order valence-corrected chi connectivity index (χ4v) is 3.17. The van der Waals surface area contributed by atoms with Gasteiger partial charge in [0.25, 0.3) is 5.91 Å². The third-order valence-corrected chi connectivity index (χ3v) is 4.34. The van der Waals surface area contributed by atoms with Gasteiger partial charge in [0.1, 0.15) is 11.5 Å². The smallest absolute Gasteiger partial charge is 0.304 e. The first-order chi connectivity index (χ1) is 13.0. The zero-order chi connectivity index (χ0) is 19.6. The van der Waals surface area contributed by atoms with Crippen LogP contribution in [0.2, 0.25) is 0 Å². The highest BCUT2D eigenvalue weighted by atomic mass is 35.5. The monoisotopic (exact) mass is 403 g/mol. The van der Waals surface area contributed by atoms with Crippen LogP contribution < -0.4 is 14.4 Å². The quantitative estimate of drug-likeness (QED) is 0.559. The molecule has 0 aliphatic carbocycles. The van der Waals surface area contributed by atoms with Gasteiger partial charge in [0, 0.05) is 18.1 Å². The first kappa shape index (κ1) is 21.3. The van der Waals surface area contributed by atoms with E-state index in [0.29, 0.717) is 22.8 Å². The second-order valence-electron chi connectivity index (χ2n) is 6.07. The molecule has 0 N–H and O–H groups in total. The number of halogens is 1. The van der Waals surface area contributed by atoms with Crippen LogP contribution in [0.5, 0.6) is 11.5 Å². The largest absolute Gasteiger partial charge is 0.497 e. The summed E-state index contributed by atoms with van der Waals surface area (Å²) in [5, 5.41) is 0. The van der Waals surface area contributed by atoms with Crippen LogP contribution in [0.1, 0.15) is 25.0 Å². The number of carbonyl (C=O) groups excluding carboxylic acids is 2. The minimum atomic E-state index is -0.714. The predicted octanol–water partition coefficient (Wildman–Crippen LogP) is 3.92. The summed E-state index contributed by atoms with van der Waals surface area (Å²) in [7, 11) is 3.15. The van der Waals surface area contributed by atoms with E-state index in [2.05, 4.69) is 0 Å². The van der Waals surface area contributed by atoms with Gasteiger partial charge in [-0.15, -0.1) is 12.4 Å². The number of para-hydroxylation sites is 1. The molecule has 1 aliphatic heterocycles. The van der Waals surface area contributed by atoms with Crippen molar-refractivity contribution in [2.24, 2.45) is 0 Å². The van der Waals surface area contributed by atoms with Crippen molar-refractivity contribution in [3.8, 4) is 11.5 Å². The van der Waals surface area contributed by atoms with Crippen molar-refractivity contribution < 1.29 is 23.8 Å². The third kappa shape index (κ3) is 3.97. The Morgan fingerprint density at radius 2 is 1.82 bits per heavy atom. The summed E-state index contributed by atoms with van der Waals surface area (Å²) in [6.45, 7) is 2.99. The summed E-state index contributed by atoms with van der Waals surface area (Å²) in [5.41, 5.74) is 2.68. The number of hydrogen-bond donors (Lipinski definition) is 0. The molecule has 7 heteroatoms. The maximum atomic E-state index is 13.1. The first-order valence-electron chi connectivity index (χ1n) is 8.50. The van der Waals surface area contributed by atoms with Crippen molar-refractivity contribution in [3.05, 3.63) is 53.6 Å². The third-order valence-electron chi connectivity index (χ3n) is 4.34. The summed E-state index contributed by atoms with van der Waals surface area (Å²) >= 11 is 0.